The van der Waals surface area contributed by atoms with Crippen LogP contribution in [0.25, 0.3) is 0 Å². The van der Waals surface area contributed by atoms with Crippen molar-refractivity contribution in [2.45, 2.75) is 31.6 Å². The van der Waals surface area contributed by atoms with Gasteiger partial charge in [-0.15, -0.1) is 0 Å². The molecule has 2 aromatic carbocycles. The van der Waals surface area contributed by atoms with Gasteiger partial charge in [0.15, 0.2) is 0 Å². The first kappa shape index (κ1) is 19.6. The average Bonchev–Trinajstić information content (AvgIpc) is 2.69. The van der Waals surface area contributed by atoms with E-state index in [1.165, 1.54) is 11.6 Å². The highest BCUT2D eigenvalue weighted by Gasteiger charge is 2.37. The predicted molar refractivity (Wildman–Crippen MR) is 108 cm³/mol. The first-order chi connectivity index (χ1) is 13.6. The summed E-state index contributed by atoms with van der Waals surface area (Å²) in [6.45, 7) is 5.70. The van der Waals surface area contributed by atoms with Crippen LogP contribution in [-0.4, -0.2) is 43.3 Å². The van der Waals surface area contributed by atoms with E-state index in [-0.39, 0.29) is 18.0 Å². The number of morpholine rings is 1. The van der Waals surface area contributed by atoms with E-state index in [4.69, 9.17) is 21.1 Å². The quantitative estimate of drug-likeness (QED) is 0.816. The molecule has 2 aliphatic rings. The molecule has 1 spiro atoms. The van der Waals surface area contributed by atoms with Crippen LogP contribution in [0.2, 0.25) is 5.02 Å². The van der Waals surface area contributed by atoms with Crippen molar-refractivity contribution >= 4 is 11.6 Å². The fourth-order valence-electron chi connectivity index (χ4n) is 4.06. The van der Waals surface area contributed by atoms with E-state index in [1.54, 1.807) is 12.1 Å². The minimum absolute atomic E-state index is 0.000798. The SMILES string of the molecule is Fc1cccc(Cl)c1COc1cccc(CN2CCOC3(CCNCC3)C2)c1. The Morgan fingerprint density at radius 3 is 2.82 bits per heavy atom. The second-order valence-corrected chi connectivity index (χ2v) is 8.04. The van der Waals surface area contributed by atoms with Crippen molar-refractivity contribution < 1.29 is 13.9 Å². The fourth-order valence-corrected chi connectivity index (χ4v) is 4.28. The van der Waals surface area contributed by atoms with Crippen LogP contribution in [0.4, 0.5) is 4.39 Å². The number of nitrogens with zero attached hydrogens (tertiary/aromatic N) is 1. The lowest BCUT2D eigenvalue weighted by atomic mass is 9.90. The lowest BCUT2D eigenvalue weighted by molar-refractivity contribution is -0.125. The number of benzene rings is 2. The van der Waals surface area contributed by atoms with Crippen LogP contribution in [0.1, 0.15) is 24.0 Å². The van der Waals surface area contributed by atoms with Crippen LogP contribution in [0.3, 0.4) is 0 Å². The second-order valence-electron chi connectivity index (χ2n) is 7.63. The van der Waals surface area contributed by atoms with Crippen molar-refractivity contribution in [2.24, 2.45) is 0 Å². The van der Waals surface area contributed by atoms with Gasteiger partial charge < -0.3 is 14.8 Å². The van der Waals surface area contributed by atoms with E-state index in [0.29, 0.717) is 10.6 Å². The van der Waals surface area contributed by atoms with Crippen LogP contribution >= 0.6 is 11.6 Å². The minimum Gasteiger partial charge on any atom is -0.489 e. The first-order valence-corrected chi connectivity index (χ1v) is 10.2. The van der Waals surface area contributed by atoms with Gasteiger partial charge in [-0.05, 0) is 55.8 Å². The molecule has 0 amide bonds. The van der Waals surface area contributed by atoms with Crippen LogP contribution in [0.15, 0.2) is 42.5 Å². The number of rotatable bonds is 5. The Morgan fingerprint density at radius 2 is 2.00 bits per heavy atom. The largest absolute Gasteiger partial charge is 0.489 e. The van der Waals surface area contributed by atoms with Crippen LogP contribution < -0.4 is 10.1 Å². The molecule has 2 aliphatic heterocycles. The molecule has 2 aromatic rings. The standard InChI is InChI=1S/C22H26ClFN2O2/c23-20-5-2-6-21(24)19(20)15-27-18-4-1-3-17(13-18)14-26-11-12-28-22(16-26)7-9-25-10-8-22/h1-6,13,25H,7-12,14-16H2. The number of hydrogen-bond donors (Lipinski definition) is 1. The Labute approximate surface area is 170 Å². The molecule has 0 aliphatic carbocycles. The van der Waals surface area contributed by atoms with E-state index < -0.39 is 0 Å². The summed E-state index contributed by atoms with van der Waals surface area (Å²) in [5.74, 6) is 0.380. The number of ether oxygens (including phenoxy) is 2. The van der Waals surface area contributed by atoms with Gasteiger partial charge in [-0.2, -0.15) is 0 Å². The summed E-state index contributed by atoms with van der Waals surface area (Å²) >= 11 is 6.08. The van der Waals surface area contributed by atoms with Crippen molar-refractivity contribution in [3.63, 3.8) is 0 Å². The molecule has 4 rings (SSSR count). The third-order valence-electron chi connectivity index (χ3n) is 5.59. The van der Waals surface area contributed by atoms with Gasteiger partial charge in [-0.25, -0.2) is 4.39 Å². The van der Waals surface area contributed by atoms with Crippen LogP contribution in [0.5, 0.6) is 5.75 Å². The topological polar surface area (TPSA) is 33.7 Å². The smallest absolute Gasteiger partial charge is 0.131 e. The molecule has 2 fully saturated rings. The van der Waals surface area contributed by atoms with Crippen molar-refractivity contribution in [1.82, 2.24) is 10.2 Å². The Kier molecular flexibility index (Phi) is 6.16. The van der Waals surface area contributed by atoms with Gasteiger partial charge in [0.1, 0.15) is 18.2 Å². The molecule has 0 aromatic heterocycles. The van der Waals surface area contributed by atoms with Gasteiger partial charge in [0.05, 0.1) is 17.2 Å². The molecule has 0 atom stereocenters. The molecule has 0 radical (unpaired) electrons. The highest BCUT2D eigenvalue weighted by atomic mass is 35.5. The average molecular weight is 405 g/mol. The normalized spacial score (nSPS) is 19.6. The summed E-state index contributed by atoms with van der Waals surface area (Å²) in [6, 6.07) is 12.7. The maximum absolute atomic E-state index is 13.9. The van der Waals surface area contributed by atoms with E-state index >= 15 is 0 Å². The fraction of sp³-hybridized carbons (Fsp3) is 0.455. The predicted octanol–water partition coefficient (Wildman–Crippen LogP) is 4.01. The van der Waals surface area contributed by atoms with Crippen molar-refractivity contribution in [2.75, 3.05) is 32.8 Å². The zero-order valence-corrected chi connectivity index (χ0v) is 16.7. The van der Waals surface area contributed by atoms with Gasteiger partial charge in [-0.3, -0.25) is 4.90 Å². The first-order valence-electron chi connectivity index (χ1n) is 9.85. The Morgan fingerprint density at radius 1 is 1.18 bits per heavy atom. The molecule has 2 heterocycles. The summed E-state index contributed by atoms with van der Waals surface area (Å²) in [6.07, 6.45) is 2.13. The van der Waals surface area contributed by atoms with Crippen LogP contribution in [-0.2, 0) is 17.9 Å². The maximum atomic E-state index is 13.9. The summed E-state index contributed by atoms with van der Waals surface area (Å²) in [7, 11) is 0. The summed E-state index contributed by atoms with van der Waals surface area (Å²) in [5.41, 5.74) is 1.57. The van der Waals surface area contributed by atoms with E-state index in [9.17, 15) is 4.39 Å². The molecular formula is C22H26ClFN2O2. The minimum atomic E-state index is -0.343. The van der Waals surface area contributed by atoms with Crippen molar-refractivity contribution in [1.29, 1.82) is 0 Å². The second kappa shape index (κ2) is 8.78. The zero-order valence-electron chi connectivity index (χ0n) is 15.9. The molecule has 28 heavy (non-hydrogen) atoms. The van der Waals surface area contributed by atoms with Crippen LogP contribution in [0, 0.1) is 5.82 Å². The van der Waals surface area contributed by atoms with Gasteiger partial charge in [0.2, 0.25) is 0 Å². The van der Waals surface area contributed by atoms with Gasteiger partial charge in [0.25, 0.3) is 0 Å². The molecule has 6 heteroatoms. The van der Waals surface area contributed by atoms with Gasteiger partial charge in [-0.1, -0.05) is 29.8 Å². The molecule has 0 bridgehead atoms. The third kappa shape index (κ3) is 4.66. The monoisotopic (exact) mass is 404 g/mol. The maximum Gasteiger partial charge on any atom is 0.131 e. The van der Waals surface area contributed by atoms with E-state index in [2.05, 4.69) is 16.3 Å². The number of nitrogens with one attached hydrogen (secondary N) is 1. The highest BCUT2D eigenvalue weighted by molar-refractivity contribution is 6.31. The summed E-state index contributed by atoms with van der Waals surface area (Å²) in [5, 5.41) is 3.80. The molecule has 150 valence electrons. The lowest BCUT2D eigenvalue weighted by Crippen LogP contribution is -2.55. The Bertz CT molecular complexity index is 785. The number of piperidine rings is 1. The molecular weight excluding hydrogens is 379 g/mol. The lowest BCUT2D eigenvalue weighted by Gasteiger charge is -2.45. The van der Waals surface area contributed by atoms with Crippen molar-refractivity contribution in [3.8, 4) is 5.75 Å². The summed E-state index contributed by atoms with van der Waals surface area (Å²) in [4.78, 5) is 2.46. The zero-order chi connectivity index (χ0) is 19.4. The number of halogens is 2. The van der Waals surface area contributed by atoms with Gasteiger partial charge >= 0.3 is 0 Å². The molecule has 1 N–H and O–H groups in total. The molecule has 0 saturated carbocycles. The van der Waals surface area contributed by atoms with E-state index in [1.807, 2.05) is 18.2 Å². The third-order valence-corrected chi connectivity index (χ3v) is 5.95. The summed E-state index contributed by atoms with van der Waals surface area (Å²) < 4.78 is 25.9. The molecule has 0 unspecified atom stereocenters. The van der Waals surface area contributed by atoms with Gasteiger partial charge in [0, 0.05) is 25.2 Å². The Hall–Kier alpha value is -1.66. The molecule has 2 saturated heterocycles. The Balaban J connectivity index is 1.38. The molecule has 4 nitrogen and oxygen atoms in total. The highest BCUT2D eigenvalue weighted by Crippen LogP contribution is 2.29. The number of hydrogen-bond acceptors (Lipinski definition) is 4. The van der Waals surface area contributed by atoms with E-state index in [0.717, 1.165) is 57.9 Å². The van der Waals surface area contributed by atoms with Crippen molar-refractivity contribution in [3.05, 3.63) is 64.4 Å².